The van der Waals surface area contributed by atoms with Crippen molar-refractivity contribution in [3.8, 4) is 11.1 Å². The predicted molar refractivity (Wildman–Crippen MR) is 190 cm³/mol. The molecule has 0 aliphatic carbocycles. The molecule has 5 rings (SSSR count). The summed E-state index contributed by atoms with van der Waals surface area (Å²) >= 11 is 0. The topological polar surface area (TPSA) is 81.2 Å². The molecule has 3 aromatic rings. The molecule has 258 valence electrons. The highest BCUT2D eigenvalue weighted by Crippen LogP contribution is 2.45. The highest BCUT2D eigenvalue weighted by molar-refractivity contribution is 5.88. The van der Waals surface area contributed by atoms with Gasteiger partial charge in [0.15, 0.2) is 6.10 Å². The second kappa shape index (κ2) is 14.3. The first-order chi connectivity index (χ1) is 22.6. The first-order valence-corrected chi connectivity index (χ1v) is 17.3. The number of amides is 1. The van der Waals surface area contributed by atoms with Gasteiger partial charge in [-0.05, 0) is 95.4 Å². The van der Waals surface area contributed by atoms with Gasteiger partial charge in [-0.3, -0.25) is 4.98 Å². The van der Waals surface area contributed by atoms with Crippen LogP contribution in [0.3, 0.4) is 0 Å². The number of hydrogen-bond acceptors (Lipinski definition) is 7. The first kappa shape index (κ1) is 35.4. The van der Waals surface area contributed by atoms with E-state index in [2.05, 4.69) is 43.9 Å². The monoisotopic (exact) mass is 655 g/mol. The van der Waals surface area contributed by atoms with E-state index in [0.717, 1.165) is 77.2 Å². The van der Waals surface area contributed by atoms with Gasteiger partial charge in [-0.15, -0.1) is 0 Å². The van der Waals surface area contributed by atoms with E-state index >= 15 is 0 Å². The average Bonchev–Trinajstić information content (AvgIpc) is 3.02. The second-order valence-corrected chi connectivity index (χ2v) is 15.4. The molecule has 1 amide bonds. The van der Waals surface area contributed by atoms with Crippen molar-refractivity contribution in [2.75, 3.05) is 24.5 Å². The normalized spacial score (nSPS) is 16.8. The Morgan fingerprint density at radius 3 is 2.27 bits per heavy atom. The fraction of sp³-hybridized carbons (Fsp3) is 0.525. The van der Waals surface area contributed by atoms with Crippen molar-refractivity contribution in [2.45, 2.75) is 113 Å². The van der Waals surface area contributed by atoms with Gasteiger partial charge in [0.05, 0.1) is 17.4 Å². The number of piperidine rings is 1. The van der Waals surface area contributed by atoms with Crippen LogP contribution in [0.5, 0.6) is 0 Å². The number of esters is 1. The fourth-order valence-corrected chi connectivity index (χ4v) is 6.72. The maximum absolute atomic E-state index is 13.8. The van der Waals surface area contributed by atoms with Crippen molar-refractivity contribution in [1.82, 2.24) is 9.88 Å². The van der Waals surface area contributed by atoms with Gasteiger partial charge in [-0.2, -0.15) is 0 Å². The van der Waals surface area contributed by atoms with Gasteiger partial charge in [-0.25, -0.2) is 9.59 Å². The van der Waals surface area contributed by atoms with Gasteiger partial charge >= 0.3 is 12.1 Å². The predicted octanol–water partition coefficient (Wildman–Crippen LogP) is 8.49. The molecular weight excluding hydrogens is 602 g/mol. The van der Waals surface area contributed by atoms with Crippen molar-refractivity contribution >= 4 is 17.7 Å². The zero-order chi connectivity index (χ0) is 34.8. The Balaban J connectivity index is 1.54. The lowest BCUT2D eigenvalue weighted by molar-refractivity contribution is -0.171. The van der Waals surface area contributed by atoms with E-state index in [1.54, 1.807) is 4.90 Å². The summed E-state index contributed by atoms with van der Waals surface area (Å²) in [5.74, 6) is -0.400. The highest BCUT2D eigenvalue weighted by Gasteiger charge is 2.38. The third-order valence-corrected chi connectivity index (χ3v) is 9.28. The quantitative estimate of drug-likeness (QED) is 0.225. The van der Waals surface area contributed by atoms with Crippen LogP contribution in [0, 0.1) is 19.3 Å². The lowest BCUT2D eigenvalue weighted by atomic mass is 9.81. The van der Waals surface area contributed by atoms with Gasteiger partial charge in [0.1, 0.15) is 6.61 Å². The van der Waals surface area contributed by atoms with Crippen molar-refractivity contribution < 1.29 is 23.8 Å². The summed E-state index contributed by atoms with van der Waals surface area (Å²) in [5.41, 5.74) is 8.45. The van der Waals surface area contributed by atoms with Crippen LogP contribution in [0.4, 0.5) is 10.5 Å². The van der Waals surface area contributed by atoms with Gasteiger partial charge in [0.25, 0.3) is 0 Å². The summed E-state index contributed by atoms with van der Waals surface area (Å²) in [7, 11) is 0. The van der Waals surface area contributed by atoms with Crippen molar-refractivity contribution in [3.63, 3.8) is 0 Å². The van der Waals surface area contributed by atoms with E-state index in [-0.39, 0.29) is 24.2 Å². The minimum atomic E-state index is -0.933. The number of aryl methyl sites for hydroxylation is 2. The second-order valence-electron chi connectivity index (χ2n) is 15.4. The van der Waals surface area contributed by atoms with Crippen molar-refractivity contribution in [1.29, 1.82) is 0 Å². The Kier molecular flexibility index (Phi) is 10.5. The fourth-order valence-electron chi connectivity index (χ4n) is 6.72. The Labute approximate surface area is 286 Å². The first-order valence-electron chi connectivity index (χ1n) is 17.3. The number of fused-ring (bicyclic) bond motifs is 1. The maximum Gasteiger partial charge on any atom is 0.410 e. The van der Waals surface area contributed by atoms with Gasteiger partial charge in [-0.1, -0.05) is 62.4 Å². The van der Waals surface area contributed by atoms with Crippen LogP contribution >= 0.6 is 0 Å². The maximum atomic E-state index is 13.8. The van der Waals surface area contributed by atoms with E-state index in [0.29, 0.717) is 13.1 Å². The Bertz CT molecular complexity index is 1620. The molecule has 1 aromatic heterocycles. The van der Waals surface area contributed by atoms with E-state index in [4.69, 9.17) is 19.2 Å². The molecule has 2 aliphatic rings. The minimum Gasteiger partial charge on any atom is -0.461 e. The molecule has 8 heteroatoms. The van der Waals surface area contributed by atoms with Gasteiger partial charge in [0, 0.05) is 48.7 Å². The number of rotatable bonds is 8. The molecular formula is C40H53N3O5. The average molecular weight is 656 g/mol. The standard InChI is InChI=1S/C40H53N3O5/c1-26(2)47-37(44)36(48-39(5,6)7)34-28(4)41-27(3)33(35(34)42-21-18-40(8,9)19-22-42)31-15-16-32-24-43(20-17-30(32)23-31)38(45)46-25-29-13-11-10-12-14-29/h10-16,23,26,36H,17-22,24-25H2,1-9H3/t36-/m0/s1. The Hall–Kier alpha value is -3.91. The highest BCUT2D eigenvalue weighted by atomic mass is 16.6. The minimum absolute atomic E-state index is 0.242. The van der Waals surface area contributed by atoms with Crippen LogP contribution in [0.25, 0.3) is 11.1 Å². The van der Waals surface area contributed by atoms with Crippen LogP contribution in [0.1, 0.15) is 101 Å². The molecule has 2 aliphatic heterocycles. The third kappa shape index (κ3) is 8.38. The zero-order valence-electron chi connectivity index (χ0n) is 30.3. The number of aromatic nitrogens is 1. The summed E-state index contributed by atoms with van der Waals surface area (Å²) in [6, 6.07) is 16.2. The number of carbonyl (C=O) groups is 2. The Morgan fingerprint density at radius 2 is 1.62 bits per heavy atom. The summed E-state index contributed by atoms with van der Waals surface area (Å²) in [4.78, 5) is 36.1. The number of hydrogen-bond donors (Lipinski definition) is 0. The molecule has 48 heavy (non-hydrogen) atoms. The van der Waals surface area contributed by atoms with Crippen LogP contribution in [0.15, 0.2) is 48.5 Å². The van der Waals surface area contributed by atoms with Crippen LogP contribution < -0.4 is 4.90 Å². The zero-order valence-corrected chi connectivity index (χ0v) is 30.3. The molecule has 3 heterocycles. The molecule has 0 spiro atoms. The number of carbonyl (C=O) groups excluding carboxylic acids is 2. The lowest BCUT2D eigenvalue weighted by Gasteiger charge is -2.41. The molecule has 8 nitrogen and oxygen atoms in total. The smallest absolute Gasteiger partial charge is 0.410 e. The molecule has 0 unspecified atom stereocenters. The van der Waals surface area contributed by atoms with Crippen LogP contribution in [-0.2, 0) is 38.6 Å². The molecule has 0 N–H and O–H groups in total. The lowest BCUT2D eigenvalue weighted by Crippen LogP contribution is -2.39. The summed E-state index contributed by atoms with van der Waals surface area (Å²) in [6.45, 7) is 21.4. The number of pyridine rings is 1. The van der Waals surface area contributed by atoms with Crippen molar-refractivity contribution in [3.05, 3.63) is 82.2 Å². The molecule has 1 atom stereocenters. The molecule has 1 fully saturated rings. The third-order valence-electron chi connectivity index (χ3n) is 9.28. The molecule has 0 saturated carbocycles. The number of benzene rings is 2. The number of nitrogens with zero attached hydrogens (tertiary/aromatic N) is 3. The summed E-state index contributed by atoms with van der Waals surface area (Å²) < 4.78 is 18.0. The SMILES string of the molecule is Cc1nc(C)c([C@H](OC(C)(C)C)C(=O)OC(C)C)c(N2CCC(C)(C)CC2)c1-c1ccc2c(c1)CCN(C(=O)OCc1ccccc1)C2. The van der Waals surface area contributed by atoms with Crippen LogP contribution in [-0.4, -0.2) is 53.3 Å². The van der Waals surface area contributed by atoms with Crippen LogP contribution in [0.2, 0.25) is 0 Å². The Morgan fingerprint density at radius 1 is 0.938 bits per heavy atom. The summed E-state index contributed by atoms with van der Waals surface area (Å²) in [6.07, 6.45) is 1.28. The number of ether oxygens (including phenoxy) is 3. The van der Waals surface area contributed by atoms with Gasteiger partial charge in [0.2, 0.25) is 0 Å². The molecule has 2 aromatic carbocycles. The van der Waals surface area contributed by atoms with E-state index in [1.807, 2.05) is 71.9 Å². The molecule has 1 saturated heterocycles. The molecule has 0 radical (unpaired) electrons. The molecule has 0 bridgehead atoms. The largest absolute Gasteiger partial charge is 0.461 e. The van der Waals surface area contributed by atoms with E-state index in [9.17, 15) is 9.59 Å². The van der Waals surface area contributed by atoms with E-state index < -0.39 is 17.7 Å². The van der Waals surface area contributed by atoms with Crippen molar-refractivity contribution in [2.24, 2.45) is 5.41 Å². The number of anilines is 1. The van der Waals surface area contributed by atoms with Gasteiger partial charge < -0.3 is 24.0 Å². The van der Waals surface area contributed by atoms with E-state index in [1.165, 1.54) is 5.56 Å². The summed E-state index contributed by atoms with van der Waals surface area (Å²) in [5, 5.41) is 0.